The molecule has 4 heteroatoms. The first-order chi connectivity index (χ1) is 10.8. The number of nitriles is 2. The molecule has 4 nitrogen and oxygen atoms in total. The van der Waals surface area contributed by atoms with Crippen LogP contribution in [0.5, 0.6) is 11.5 Å². The number of benzene rings is 2. The smallest absolute Gasteiger partial charge is 0.137 e. The summed E-state index contributed by atoms with van der Waals surface area (Å²) in [5.74, 6) is 1.12. The maximum Gasteiger partial charge on any atom is 0.137 e. The minimum absolute atomic E-state index is 0.349. The van der Waals surface area contributed by atoms with Crippen molar-refractivity contribution in [1.29, 1.82) is 10.5 Å². The summed E-state index contributed by atoms with van der Waals surface area (Å²) in [4.78, 5) is 0. The molecule has 108 valence electrons. The summed E-state index contributed by atoms with van der Waals surface area (Å²) in [5, 5.41) is 17.9. The van der Waals surface area contributed by atoms with Crippen molar-refractivity contribution >= 4 is 0 Å². The van der Waals surface area contributed by atoms with E-state index >= 15 is 0 Å². The first-order valence-electron chi connectivity index (χ1n) is 6.74. The van der Waals surface area contributed by atoms with Crippen LogP contribution in [0.15, 0.2) is 60.7 Å². The highest BCUT2D eigenvalue weighted by atomic mass is 16.5. The van der Waals surface area contributed by atoms with Crippen LogP contribution in [0.2, 0.25) is 0 Å². The van der Waals surface area contributed by atoms with E-state index in [4.69, 9.17) is 20.0 Å². The summed E-state index contributed by atoms with van der Waals surface area (Å²) in [5.41, 5.74) is 1.02. The van der Waals surface area contributed by atoms with Crippen LogP contribution in [0.4, 0.5) is 0 Å². The van der Waals surface area contributed by atoms with Crippen molar-refractivity contribution < 1.29 is 9.47 Å². The fourth-order valence-corrected chi connectivity index (χ4v) is 1.78. The van der Waals surface area contributed by atoms with Crippen LogP contribution >= 0.6 is 0 Å². The molecule has 0 N–H and O–H groups in total. The van der Waals surface area contributed by atoms with E-state index in [9.17, 15) is 0 Å². The lowest BCUT2D eigenvalue weighted by atomic mass is 10.2. The SMILES string of the molecule is N#Cc1ccccc1OC/C=C\COc1ccccc1C#N. The number of para-hydroxylation sites is 2. The first-order valence-corrected chi connectivity index (χ1v) is 6.74. The van der Waals surface area contributed by atoms with Crippen molar-refractivity contribution in [2.45, 2.75) is 0 Å². The van der Waals surface area contributed by atoms with Gasteiger partial charge in [-0.2, -0.15) is 10.5 Å². The molecule has 0 spiro atoms. The lowest BCUT2D eigenvalue weighted by molar-refractivity contribution is 0.349. The Kier molecular flexibility index (Phi) is 5.61. The van der Waals surface area contributed by atoms with E-state index < -0.39 is 0 Å². The molecule has 0 aliphatic carbocycles. The van der Waals surface area contributed by atoms with Gasteiger partial charge in [0.25, 0.3) is 0 Å². The van der Waals surface area contributed by atoms with Gasteiger partial charge in [0, 0.05) is 0 Å². The molecule has 2 rings (SSSR count). The van der Waals surface area contributed by atoms with Crippen LogP contribution in [0.3, 0.4) is 0 Å². The van der Waals surface area contributed by atoms with Crippen LogP contribution in [-0.2, 0) is 0 Å². The zero-order valence-electron chi connectivity index (χ0n) is 11.9. The van der Waals surface area contributed by atoms with Gasteiger partial charge in [-0.15, -0.1) is 0 Å². The van der Waals surface area contributed by atoms with E-state index in [0.29, 0.717) is 35.8 Å². The molecule has 0 aliphatic rings. The van der Waals surface area contributed by atoms with Gasteiger partial charge in [-0.25, -0.2) is 0 Å². The van der Waals surface area contributed by atoms with Crippen LogP contribution in [-0.4, -0.2) is 13.2 Å². The Hall–Kier alpha value is -3.24. The summed E-state index contributed by atoms with van der Waals surface area (Å²) in [6.45, 7) is 0.698. The third-order valence-corrected chi connectivity index (χ3v) is 2.85. The van der Waals surface area contributed by atoms with Crippen LogP contribution in [0.25, 0.3) is 0 Å². The zero-order valence-corrected chi connectivity index (χ0v) is 11.9. The second kappa shape index (κ2) is 8.14. The number of ether oxygens (including phenoxy) is 2. The Bertz CT molecular complexity index is 676. The van der Waals surface area contributed by atoms with Gasteiger partial charge in [-0.05, 0) is 36.4 Å². The van der Waals surface area contributed by atoms with Crippen LogP contribution in [0.1, 0.15) is 11.1 Å². The van der Waals surface area contributed by atoms with E-state index in [1.54, 1.807) is 36.4 Å². The second-order valence-corrected chi connectivity index (χ2v) is 4.31. The third-order valence-electron chi connectivity index (χ3n) is 2.85. The molecule has 0 amide bonds. The Labute approximate surface area is 129 Å². The zero-order chi connectivity index (χ0) is 15.6. The number of rotatable bonds is 6. The highest BCUT2D eigenvalue weighted by Gasteiger charge is 2.00. The second-order valence-electron chi connectivity index (χ2n) is 4.31. The Balaban J connectivity index is 1.80. The molecule has 0 bridgehead atoms. The van der Waals surface area contributed by atoms with Crippen molar-refractivity contribution in [3.05, 3.63) is 71.8 Å². The van der Waals surface area contributed by atoms with Gasteiger partial charge in [-0.1, -0.05) is 24.3 Å². The summed E-state index contributed by atoms with van der Waals surface area (Å²) in [6.07, 6.45) is 3.62. The highest BCUT2D eigenvalue weighted by molar-refractivity contribution is 5.43. The van der Waals surface area contributed by atoms with Gasteiger partial charge in [0.05, 0.1) is 11.1 Å². The van der Waals surface area contributed by atoms with Crippen molar-refractivity contribution in [3.63, 3.8) is 0 Å². The predicted molar refractivity (Wildman–Crippen MR) is 82.4 cm³/mol. The molecule has 0 atom stereocenters. The maximum absolute atomic E-state index is 8.94. The Morgan fingerprint density at radius 2 is 1.14 bits per heavy atom. The molecular weight excluding hydrogens is 276 g/mol. The van der Waals surface area contributed by atoms with Crippen LogP contribution in [0, 0.1) is 22.7 Å². The molecule has 22 heavy (non-hydrogen) atoms. The minimum Gasteiger partial charge on any atom is -0.488 e. The average molecular weight is 290 g/mol. The third kappa shape index (κ3) is 4.13. The molecule has 2 aromatic rings. The fourth-order valence-electron chi connectivity index (χ4n) is 1.78. The van der Waals surface area contributed by atoms with Crippen molar-refractivity contribution in [3.8, 4) is 23.6 Å². The molecule has 0 saturated heterocycles. The molecule has 0 fully saturated rings. The van der Waals surface area contributed by atoms with Gasteiger partial charge < -0.3 is 9.47 Å². The first kappa shape index (κ1) is 15.2. The lowest BCUT2D eigenvalue weighted by Gasteiger charge is -2.05. The van der Waals surface area contributed by atoms with E-state index in [0.717, 1.165) is 0 Å². The monoisotopic (exact) mass is 290 g/mol. The fraction of sp³-hybridized carbons (Fsp3) is 0.111. The summed E-state index contributed by atoms with van der Waals surface area (Å²) in [6, 6.07) is 18.3. The topological polar surface area (TPSA) is 66.0 Å². The molecule has 0 unspecified atom stereocenters. The molecule has 0 saturated carbocycles. The molecular formula is C18H14N2O2. The molecule has 0 heterocycles. The van der Waals surface area contributed by atoms with Gasteiger partial charge in [0.1, 0.15) is 36.9 Å². The standard InChI is InChI=1S/C18H14N2O2/c19-13-15-7-1-3-9-17(15)21-11-5-6-12-22-18-10-4-2-8-16(18)14-20/h1-10H,11-12H2/b6-5-. The minimum atomic E-state index is 0.349. The van der Waals surface area contributed by atoms with E-state index in [2.05, 4.69) is 12.1 Å². The van der Waals surface area contributed by atoms with Gasteiger partial charge >= 0.3 is 0 Å². The Morgan fingerprint density at radius 3 is 1.55 bits per heavy atom. The largest absolute Gasteiger partial charge is 0.488 e. The lowest BCUT2D eigenvalue weighted by Crippen LogP contribution is -1.98. The summed E-state index contributed by atoms with van der Waals surface area (Å²) < 4.78 is 11.0. The molecule has 0 aliphatic heterocycles. The number of hydrogen-bond acceptors (Lipinski definition) is 4. The predicted octanol–water partition coefficient (Wildman–Crippen LogP) is 3.44. The number of hydrogen-bond donors (Lipinski definition) is 0. The Morgan fingerprint density at radius 1 is 0.727 bits per heavy atom. The average Bonchev–Trinajstić information content (AvgIpc) is 2.58. The van der Waals surface area contributed by atoms with Gasteiger partial charge in [-0.3, -0.25) is 0 Å². The van der Waals surface area contributed by atoms with Crippen molar-refractivity contribution in [1.82, 2.24) is 0 Å². The van der Waals surface area contributed by atoms with E-state index in [1.165, 1.54) is 0 Å². The number of nitrogens with zero attached hydrogens (tertiary/aromatic N) is 2. The van der Waals surface area contributed by atoms with E-state index in [1.807, 2.05) is 24.3 Å². The normalized spacial score (nSPS) is 9.91. The van der Waals surface area contributed by atoms with Crippen LogP contribution < -0.4 is 9.47 Å². The molecule has 0 aromatic heterocycles. The maximum atomic E-state index is 8.94. The van der Waals surface area contributed by atoms with E-state index in [-0.39, 0.29) is 0 Å². The van der Waals surface area contributed by atoms with Crippen molar-refractivity contribution in [2.75, 3.05) is 13.2 Å². The quantitative estimate of drug-likeness (QED) is 0.764. The van der Waals surface area contributed by atoms with Gasteiger partial charge in [0.15, 0.2) is 0 Å². The summed E-state index contributed by atoms with van der Waals surface area (Å²) >= 11 is 0. The highest BCUT2D eigenvalue weighted by Crippen LogP contribution is 2.17. The van der Waals surface area contributed by atoms with Crippen molar-refractivity contribution in [2.24, 2.45) is 0 Å². The molecule has 0 radical (unpaired) electrons. The molecule has 2 aromatic carbocycles. The summed E-state index contributed by atoms with van der Waals surface area (Å²) in [7, 11) is 0. The van der Waals surface area contributed by atoms with Gasteiger partial charge in [0.2, 0.25) is 0 Å².